The smallest absolute Gasteiger partial charge is 0.282 e. The van der Waals surface area contributed by atoms with Crippen LogP contribution in [0, 0.1) is 0 Å². The monoisotopic (exact) mass is 432 g/mol. The molecule has 0 N–H and O–H groups in total. The van der Waals surface area contributed by atoms with Gasteiger partial charge in [-0.3, -0.25) is 9.59 Å². The van der Waals surface area contributed by atoms with Gasteiger partial charge in [0.05, 0.1) is 18.4 Å². The van der Waals surface area contributed by atoms with Gasteiger partial charge in [0.2, 0.25) is 0 Å². The highest BCUT2D eigenvalue weighted by molar-refractivity contribution is 6.46. The number of anilines is 1. The quantitative estimate of drug-likeness (QED) is 0.527. The number of benzene rings is 3. The number of halogens is 1. The molecule has 3 aromatic rings. The van der Waals surface area contributed by atoms with E-state index >= 15 is 0 Å². The molecular formula is C25H21ClN2O3. The minimum absolute atomic E-state index is 0.321. The molecule has 1 aliphatic rings. The summed E-state index contributed by atoms with van der Waals surface area (Å²) in [6.45, 7) is 0.478. The first kappa shape index (κ1) is 20.7. The molecule has 0 fully saturated rings. The number of carbonyl (C=O) groups is 2. The number of methoxy groups -OCH3 is 1. The van der Waals surface area contributed by atoms with Crippen molar-refractivity contribution in [1.29, 1.82) is 0 Å². The lowest BCUT2D eigenvalue weighted by Gasteiger charge is -2.22. The van der Waals surface area contributed by atoms with Gasteiger partial charge in [-0.2, -0.15) is 0 Å². The van der Waals surface area contributed by atoms with Crippen LogP contribution >= 0.6 is 11.6 Å². The van der Waals surface area contributed by atoms with Crippen LogP contribution in [0.4, 0.5) is 5.69 Å². The van der Waals surface area contributed by atoms with Gasteiger partial charge in [-0.05, 0) is 29.3 Å². The Morgan fingerprint density at radius 2 is 1.55 bits per heavy atom. The Hall–Kier alpha value is -3.57. The molecule has 6 heteroatoms. The van der Waals surface area contributed by atoms with E-state index in [1.54, 1.807) is 18.2 Å². The summed E-state index contributed by atoms with van der Waals surface area (Å²) in [5, 5.41) is 0.406. The van der Waals surface area contributed by atoms with Crippen LogP contribution in [-0.2, 0) is 16.1 Å². The lowest BCUT2D eigenvalue weighted by atomic mass is 10.0. The largest absolute Gasteiger partial charge is 0.495 e. The normalized spacial score (nSPS) is 13.7. The van der Waals surface area contributed by atoms with E-state index in [1.165, 1.54) is 7.11 Å². The minimum Gasteiger partial charge on any atom is -0.495 e. The van der Waals surface area contributed by atoms with Gasteiger partial charge in [0.1, 0.15) is 11.4 Å². The van der Waals surface area contributed by atoms with Crippen LogP contribution in [0.15, 0.2) is 84.6 Å². The standard InChI is InChI=1S/C25H21ClN2O3/c1-27(16-17-9-5-3-6-10-17)23-22(18-11-7-4-8-12-18)24(29)28(25(23)30)20-15-19(26)13-14-21(20)31-2/h3-15H,16H2,1-2H3. The summed E-state index contributed by atoms with van der Waals surface area (Å²) in [5.41, 5.74) is 2.72. The summed E-state index contributed by atoms with van der Waals surface area (Å²) in [7, 11) is 3.31. The third kappa shape index (κ3) is 3.92. The predicted octanol–water partition coefficient (Wildman–Crippen LogP) is 4.77. The molecule has 0 aliphatic carbocycles. The Kier molecular flexibility index (Phi) is 5.78. The van der Waals surface area contributed by atoms with Crippen LogP contribution in [0.5, 0.6) is 5.75 Å². The molecule has 156 valence electrons. The van der Waals surface area contributed by atoms with E-state index in [1.807, 2.05) is 72.6 Å². The third-order valence-electron chi connectivity index (χ3n) is 5.15. The van der Waals surface area contributed by atoms with Crippen LogP contribution in [-0.4, -0.2) is 30.9 Å². The maximum atomic E-state index is 13.6. The van der Waals surface area contributed by atoms with Crippen molar-refractivity contribution in [3.8, 4) is 5.75 Å². The van der Waals surface area contributed by atoms with Crippen LogP contribution in [0.2, 0.25) is 5.02 Å². The molecule has 0 spiro atoms. The zero-order valence-corrected chi connectivity index (χ0v) is 18.0. The number of hydrogen-bond acceptors (Lipinski definition) is 4. The highest BCUT2D eigenvalue weighted by atomic mass is 35.5. The van der Waals surface area contributed by atoms with E-state index in [0.717, 1.165) is 10.5 Å². The van der Waals surface area contributed by atoms with Gasteiger partial charge in [0, 0.05) is 18.6 Å². The Morgan fingerprint density at radius 1 is 0.903 bits per heavy atom. The number of carbonyl (C=O) groups excluding carboxylic acids is 2. The van der Waals surface area contributed by atoms with Gasteiger partial charge in [-0.25, -0.2) is 4.90 Å². The molecule has 0 bridgehead atoms. The third-order valence-corrected chi connectivity index (χ3v) is 5.38. The van der Waals surface area contributed by atoms with Gasteiger partial charge in [0.15, 0.2) is 0 Å². The van der Waals surface area contributed by atoms with Crippen molar-refractivity contribution in [2.75, 3.05) is 19.1 Å². The lowest BCUT2D eigenvalue weighted by molar-refractivity contribution is -0.120. The summed E-state index contributed by atoms with van der Waals surface area (Å²) in [5.74, 6) is -0.431. The summed E-state index contributed by atoms with van der Waals surface area (Å²) in [4.78, 5) is 30.2. The maximum absolute atomic E-state index is 13.6. The molecule has 31 heavy (non-hydrogen) atoms. The van der Waals surface area contributed by atoms with E-state index in [2.05, 4.69) is 0 Å². The number of rotatable bonds is 6. The number of ether oxygens (including phenoxy) is 1. The zero-order valence-electron chi connectivity index (χ0n) is 17.2. The molecule has 4 rings (SSSR count). The highest BCUT2D eigenvalue weighted by Gasteiger charge is 2.42. The fourth-order valence-electron chi connectivity index (χ4n) is 3.73. The topological polar surface area (TPSA) is 49.9 Å². The Bertz CT molecular complexity index is 1160. The molecule has 0 radical (unpaired) electrons. The Balaban J connectivity index is 1.83. The first-order chi connectivity index (χ1) is 15.0. The van der Waals surface area contributed by atoms with Crippen LogP contribution < -0.4 is 9.64 Å². The number of hydrogen-bond donors (Lipinski definition) is 0. The molecule has 0 atom stereocenters. The zero-order chi connectivity index (χ0) is 22.0. The molecular weight excluding hydrogens is 412 g/mol. The molecule has 0 saturated heterocycles. The van der Waals surface area contributed by atoms with Crippen molar-refractivity contribution >= 4 is 34.7 Å². The van der Waals surface area contributed by atoms with Gasteiger partial charge in [-0.1, -0.05) is 72.3 Å². The summed E-state index contributed by atoms with van der Waals surface area (Å²) >= 11 is 6.18. The molecule has 0 aromatic heterocycles. The SMILES string of the molecule is COc1ccc(Cl)cc1N1C(=O)C(c2ccccc2)=C(N(C)Cc2ccccc2)C1=O. The van der Waals surface area contributed by atoms with Crippen LogP contribution in [0.3, 0.4) is 0 Å². The first-order valence-corrected chi connectivity index (χ1v) is 10.2. The van der Waals surface area contributed by atoms with E-state index < -0.39 is 11.8 Å². The van der Waals surface area contributed by atoms with Crippen molar-refractivity contribution < 1.29 is 14.3 Å². The van der Waals surface area contributed by atoms with Gasteiger partial charge in [-0.15, -0.1) is 0 Å². The molecule has 3 aromatic carbocycles. The van der Waals surface area contributed by atoms with E-state index in [9.17, 15) is 9.59 Å². The van der Waals surface area contributed by atoms with Crippen molar-refractivity contribution in [3.05, 3.63) is 101 Å². The number of nitrogens with zero attached hydrogens (tertiary/aromatic N) is 2. The average Bonchev–Trinajstić information content (AvgIpc) is 3.05. The van der Waals surface area contributed by atoms with E-state index in [4.69, 9.17) is 16.3 Å². The maximum Gasteiger partial charge on any atom is 0.282 e. The number of likely N-dealkylation sites (N-methyl/N-ethyl adjacent to an activating group) is 1. The van der Waals surface area contributed by atoms with E-state index in [-0.39, 0.29) is 0 Å². The first-order valence-electron chi connectivity index (χ1n) is 9.78. The van der Waals surface area contributed by atoms with Crippen molar-refractivity contribution in [2.24, 2.45) is 0 Å². The highest BCUT2D eigenvalue weighted by Crippen LogP contribution is 2.39. The molecule has 0 unspecified atom stereocenters. The van der Waals surface area contributed by atoms with Crippen molar-refractivity contribution in [2.45, 2.75) is 6.54 Å². The minimum atomic E-state index is -0.414. The van der Waals surface area contributed by atoms with Gasteiger partial charge in [0.25, 0.3) is 11.8 Å². The molecule has 1 aliphatic heterocycles. The summed E-state index contributed by atoms with van der Waals surface area (Å²) < 4.78 is 5.40. The molecule has 5 nitrogen and oxygen atoms in total. The molecule has 1 heterocycles. The van der Waals surface area contributed by atoms with Gasteiger partial charge < -0.3 is 9.64 Å². The summed E-state index contributed by atoms with van der Waals surface area (Å²) in [6, 6.07) is 23.9. The molecule has 2 amide bonds. The Labute approximate surface area is 186 Å². The predicted molar refractivity (Wildman–Crippen MR) is 122 cm³/mol. The fraction of sp³-hybridized carbons (Fsp3) is 0.120. The lowest BCUT2D eigenvalue weighted by Crippen LogP contribution is -2.34. The van der Waals surface area contributed by atoms with Crippen molar-refractivity contribution in [1.82, 2.24) is 4.90 Å². The van der Waals surface area contributed by atoms with Crippen molar-refractivity contribution in [3.63, 3.8) is 0 Å². The number of imide groups is 1. The van der Waals surface area contributed by atoms with E-state index in [0.29, 0.717) is 39.8 Å². The second kappa shape index (κ2) is 8.66. The van der Waals surface area contributed by atoms with Crippen LogP contribution in [0.25, 0.3) is 5.57 Å². The number of amides is 2. The second-order valence-corrected chi connectivity index (χ2v) is 7.63. The van der Waals surface area contributed by atoms with Crippen LogP contribution in [0.1, 0.15) is 11.1 Å². The average molecular weight is 433 g/mol. The molecule has 0 saturated carbocycles. The van der Waals surface area contributed by atoms with Gasteiger partial charge >= 0.3 is 0 Å². The second-order valence-electron chi connectivity index (χ2n) is 7.19. The Morgan fingerprint density at radius 3 is 2.19 bits per heavy atom. The summed E-state index contributed by atoms with van der Waals surface area (Å²) in [6.07, 6.45) is 0. The fourth-order valence-corrected chi connectivity index (χ4v) is 3.90.